The van der Waals surface area contributed by atoms with Crippen LogP contribution in [-0.4, -0.2) is 24.0 Å². The molecule has 0 bridgehead atoms. The van der Waals surface area contributed by atoms with Crippen molar-refractivity contribution < 1.29 is 19.4 Å². The van der Waals surface area contributed by atoms with Crippen LogP contribution in [0.2, 0.25) is 0 Å². The lowest BCUT2D eigenvalue weighted by molar-refractivity contribution is -0.0530. The van der Waals surface area contributed by atoms with Gasteiger partial charge in [0.15, 0.2) is 0 Å². The summed E-state index contributed by atoms with van der Waals surface area (Å²) in [4.78, 5) is 11.3. The number of aryl methyl sites for hydroxylation is 1. The highest BCUT2D eigenvalue weighted by molar-refractivity contribution is 5.60. The van der Waals surface area contributed by atoms with Gasteiger partial charge in [-0.1, -0.05) is 37.6 Å². The molecule has 1 aliphatic rings. The van der Waals surface area contributed by atoms with Crippen molar-refractivity contribution in [3.05, 3.63) is 35.4 Å². The lowest BCUT2D eigenvalue weighted by Crippen LogP contribution is -2.35. The Bertz CT molecular complexity index is 472. The van der Waals surface area contributed by atoms with Gasteiger partial charge in [-0.05, 0) is 50.2 Å². The highest BCUT2D eigenvalue weighted by atomic mass is 16.7. The van der Waals surface area contributed by atoms with Gasteiger partial charge in [0.25, 0.3) is 0 Å². The Morgan fingerprint density at radius 3 is 2.41 bits per heavy atom. The Balaban J connectivity index is 1.92. The van der Waals surface area contributed by atoms with Crippen molar-refractivity contribution in [1.29, 1.82) is 0 Å². The van der Waals surface area contributed by atoms with E-state index in [4.69, 9.17) is 9.47 Å². The molecule has 1 saturated carbocycles. The minimum Gasteiger partial charge on any atom is -0.435 e. The molecule has 0 radical (unpaired) electrons. The second kappa shape index (κ2) is 7.63. The largest absolute Gasteiger partial charge is 0.508 e. The Kier molecular flexibility index (Phi) is 5.83. The molecule has 1 fully saturated rings. The van der Waals surface area contributed by atoms with Gasteiger partial charge in [-0.2, -0.15) is 0 Å². The van der Waals surface area contributed by atoms with E-state index in [-0.39, 0.29) is 6.10 Å². The van der Waals surface area contributed by atoms with E-state index in [0.717, 1.165) is 18.4 Å². The monoisotopic (exact) mass is 306 g/mol. The van der Waals surface area contributed by atoms with E-state index in [1.807, 2.05) is 12.1 Å². The van der Waals surface area contributed by atoms with Crippen LogP contribution in [0.5, 0.6) is 0 Å². The van der Waals surface area contributed by atoms with Gasteiger partial charge in [-0.25, -0.2) is 4.79 Å². The standard InChI is InChI=1S/C18H26O4/c1-3-5-14-6-8-15(9-7-14)18(20)12-10-16(11-13-18)22-17(19)21-4-2/h6-9,16,20H,3-5,10-13H2,1-2H3. The second-order valence-corrected chi connectivity index (χ2v) is 5.98. The van der Waals surface area contributed by atoms with Gasteiger partial charge < -0.3 is 14.6 Å². The van der Waals surface area contributed by atoms with Gasteiger partial charge in [0.2, 0.25) is 0 Å². The predicted molar refractivity (Wildman–Crippen MR) is 84.7 cm³/mol. The summed E-state index contributed by atoms with van der Waals surface area (Å²) in [6.07, 6.45) is 3.94. The average Bonchev–Trinajstić information content (AvgIpc) is 2.51. The van der Waals surface area contributed by atoms with Gasteiger partial charge in [-0.15, -0.1) is 0 Å². The lowest BCUT2D eigenvalue weighted by atomic mass is 9.78. The van der Waals surface area contributed by atoms with Crippen molar-refractivity contribution in [2.45, 2.75) is 64.1 Å². The van der Waals surface area contributed by atoms with E-state index >= 15 is 0 Å². The molecule has 1 N–H and O–H groups in total. The number of benzene rings is 1. The Hall–Kier alpha value is -1.55. The SMILES string of the molecule is CCCc1ccc(C2(O)CCC(OC(=O)OCC)CC2)cc1. The number of hydrogen-bond donors (Lipinski definition) is 1. The minimum atomic E-state index is -0.806. The summed E-state index contributed by atoms with van der Waals surface area (Å²) in [5.74, 6) is 0. The van der Waals surface area contributed by atoms with Crippen LogP contribution < -0.4 is 0 Å². The van der Waals surface area contributed by atoms with Gasteiger partial charge in [0.05, 0.1) is 12.2 Å². The van der Waals surface area contributed by atoms with Gasteiger partial charge in [-0.3, -0.25) is 0 Å². The highest BCUT2D eigenvalue weighted by Gasteiger charge is 2.36. The summed E-state index contributed by atoms with van der Waals surface area (Å²) in [6, 6.07) is 8.24. The summed E-state index contributed by atoms with van der Waals surface area (Å²) in [5.41, 5.74) is 1.45. The fraction of sp³-hybridized carbons (Fsp3) is 0.611. The minimum absolute atomic E-state index is 0.154. The van der Waals surface area contributed by atoms with Crippen LogP contribution in [0.1, 0.15) is 57.1 Å². The topological polar surface area (TPSA) is 55.8 Å². The highest BCUT2D eigenvalue weighted by Crippen LogP contribution is 2.38. The molecule has 0 unspecified atom stereocenters. The van der Waals surface area contributed by atoms with Crippen LogP contribution in [0.15, 0.2) is 24.3 Å². The van der Waals surface area contributed by atoms with Gasteiger partial charge in [0, 0.05) is 0 Å². The maximum atomic E-state index is 11.3. The van der Waals surface area contributed by atoms with Gasteiger partial charge >= 0.3 is 6.16 Å². The molecule has 122 valence electrons. The Morgan fingerprint density at radius 1 is 1.23 bits per heavy atom. The number of hydrogen-bond acceptors (Lipinski definition) is 4. The van der Waals surface area contributed by atoms with Crippen molar-refractivity contribution in [3.63, 3.8) is 0 Å². The summed E-state index contributed by atoms with van der Waals surface area (Å²) >= 11 is 0. The molecular formula is C18H26O4. The van der Waals surface area contributed by atoms with E-state index in [1.165, 1.54) is 5.56 Å². The zero-order chi connectivity index (χ0) is 16.0. The number of ether oxygens (including phenoxy) is 2. The first-order chi connectivity index (χ1) is 10.6. The number of aliphatic hydroxyl groups is 1. The Labute approximate surface area is 132 Å². The van der Waals surface area contributed by atoms with E-state index < -0.39 is 11.8 Å². The van der Waals surface area contributed by atoms with Crippen LogP contribution in [0.3, 0.4) is 0 Å². The molecule has 0 amide bonds. The van der Waals surface area contributed by atoms with Crippen LogP contribution in [-0.2, 0) is 21.5 Å². The number of carbonyl (C=O) groups is 1. The molecule has 1 aromatic carbocycles. The third-order valence-electron chi connectivity index (χ3n) is 4.31. The van der Waals surface area contributed by atoms with E-state index in [9.17, 15) is 9.90 Å². The summed E-state index contributed by atoms with van der Waals surface area (Å²) in [7, 11) is 0. The van der Waals surface area contributed by atoms with Crippen molar-refractivity contribution >= 4 is 6.16 Å². The average molecular weight is 306 g/mol. The van der Waals surface area contributed by atoms with Gasteiger partial charge in [0.1, 0.15) is 6.10 Å². The molecule has 0 saturated heterocycles. The molecule has 4 nitrogen and oxygen atoms in total. The third-order valence-corrected chi connectivity index (χ3v) is 4.31. The van der Waals surface area contributed by atoms with Crippen molar-refractivity contribution in [2.24, 2.45) is 0 Å². The van der Waals surface area contributed by atoms with Crippen molar-refractivity contribution in [2.75, 3.05) is 6.61 Å². The molecule has 4 heteroatoms. The molecule has 1 aromatic rings. The van der Waals surface area contributed by atoms with Crippen LogP contribution in [0.25, 0.3) is 0 Å². The normalized spacial score (nSPS) is 24.8. The van der Waals surface area contributed by atoms with Crippen LogP contribution >= 0.6 is 0 Å². The fourth-order valence-electron chi connectivity index (χ4n) is 3.03. The van der Waals surface area contributed by atoms with Crippen LogP contribution in [0.4, 0.5) is 4.79 Å². The fourth-order valence-corrected chi connectivity index (χ4v) is 3.03. The molecule has 0 spiro atoms. The quantitative estimate of drug-likeness (QED) is 0.837. The number of carbonyl (C=O) groups excluding carboxylic acids is 1. The molecule has 2 rings (SSSR count). The van der Waals surface area contributed by atoms with Crippen LogP contribution in [0, 0.1) is 0 Å². The summed E-state index contributed by atoms with van der Waals surface area (Å²) in [6.45, 7) is 4.23. The van der Waals surface area contributed by atoms with E-state index in [0.29, 0.717) is 32.3 Å². The zero-order valence-corrected chi connectivity index (χ0v) is 13.5. The first kappa shape index (κ1) is 16.8. The molecule has 22 heavy (non-hydrogen) atoms. The molecule has 0 aliphatic heterocycles. The Morgan fingerprint density at radius 2 is 1.86 bits per heavy atom. The second-order valence-electron chi connectivity index (χ2n) is 5.98. The maximum absolute atomic E-state index is 11.3. The lowest BCUT2D eigenvalue weighted by Gasteiger charge is -2.36. The zero-order valence-electron chi connectivity index (χ0n) is 13.5. The number of rotatable bonds is 5. The van der Waals surface area contributed by atoms with Crippen molar-refractivity contribution in [1.82, 2.24) is 0 Å². The maximum Gasteiger partial charge on any atom is 0.508 e. The smallest absolute Gasteiger partial charge is 0.435 e. The molecule has 0 heterocycles. The predicted octanol–water partition coefficient (Wildman–Crippen LogP) is 3.94. The van der Waals surface area contributed by atoms with E-state index in [1.54, 1.807) is 6.92 Å². The third kappa shape index (κ3) is 4.23. The molecule has 0 atom stereocenters. The molecule has 0 aromatic heterocycles. The molecule has 1 aliphatic carbocycles. The molecular weight excluding hydrogens is 280 g/mol. The van der Waals surface area contributed by atoms with Crippen molar-refractivity contribution in [3.8, 4) is 0 Å². The summed E-state index contributed by atoms with van der Waals surface area (Å²) < 4.78 is 10.0. The summed E-state index contributed by atoms with van der Waals surface area (Å²) in [5, 5.41) is 10.8. The van der Waals surface area contributed by atoms with E-state index in [2.05, 4.69) is 19.1 Å². The first-order valence-electron chi connectivity index (χ1n) is 8.22. The first-order valence-corrected chi connectivity index (χ1v) is 8.22.